The van der Waals surface area contributed by atoms with Crippen LogP contribution in [0.4, 0.5) is 11.4 Å². The summed E-state index contributed by atoms with van der Waals surface area (Å²) in [6.45, 7) is 6.49. The van der Waals surface area contributed by atoms with Crippen LogP contribution in [0, 0.1) is 6.92 Å². The number of aryl methyl sites for hydroxylation is 1. The van der Waals surface area contributed by atoms with Crippen molar-refractivity contribution in [2.75, 3.05) is 42.9 Å². The van der Waals surface area contributed by atoms with Gasteiger partial charge >= 0.3 is 0 Å². The number of anilines is 2. The van der Waals surface area contributed by atoms with E-state index in [2.05, 4.69) is 33.8 Å². The van der Waals surface area contributed by atoms with Gasteiger partial charge in [0.25, 0.3) is 0 Å². The van der Waals surface area contributed by atoms with Gasteiger partial charge in [-0.2, -0.15) is 0 Å². The van der Waals surface area contributed by atoms with E-state index in [1.165, 1.54) is 5.69 Å². The van der Waals surface area contributed by atoms with Gasteiger partial charge in [-0.3, -0.25) is 9.59 Å². The van der Waals surface area contributed by atoms with Crippen LogP contribution in [-0.4, -0.2) is 50.5 Å². The zero-order valence-corrected chi connectivity index (χ0v) is 12.8. The molecule has 1 unspecified atom stereocenters. The fourth-order valence-electron chi connectivity index (χ4n) is 3.02. The van der Waals surface area contributed by atoms with E-state index in [1.807, 2.05) is 12.1 Å². The molecule has 0 saturated carbocycles. The molecule has 1 atom stereocenters. The molecule has 2 saturated heterocycles. The van der Waals surface area contributed by atoms with Gasteiger partial charge in [0.1, 0.15) is 0 Å². The lowest BCUT2D eigenvalue weighted by Gasteiger charge is -2.31. The smallest absolute Gasteiger partial charge is 0.250 e. The summed E-state index contributed by atoms with van der Waals surface area (Å²) in [5, 5.41) is 9.13. The SMILES string of the molecule is Cc1cc(NC2C(=O)CCNC2=O)ccc1N1CCNCC1. The van der Waals surface area contributed by atoms with Gasteiger partial charge in [0.05, 0.1) is 0 Å². The molecule has 0 spiro atoms. The summed E-state index contributed by atoms with van der Waals surface area (Å²) in [5.41, 5.74) is 3.17. The molecular weight excluding hydrogens is 280 g/mol. The topological polar surface area (TPSA) is 73.5 Å². The Morgan fingerprint density at radius 1 is 1.18 bits per heavy atom. The maximum atomic E-state index is 11.9. The van der Waals surface area contributed by atoms with Gasteiger partial charge in [-0.05, 0) is 30.7 Å². The number of hydrogen-bond acceptors (Lipinski definition) is 5. The van der Waals surface area contributed by atoms with Crippen LogP contribution in [0.25, 0.3) is 0 Å². The van der Waals surface area contributed by atoms with Crippen LogP contribution in [0.5, 0.6) is 0 Å². The molecule has 1 amide bonds. The van der Waals surface area contributed by atoms with Crippen molar-refractivity contribution in [3.05, 3.63) is 23.8 Å². The third-order valence-corrected chi connectivity index (χ3v) is 4.22. The predicted molar refractivity (Wildman–Crippen MR) is 86.3 cm³/mol. The highest BCUT2D eigenvalue weighted by atomic mass is 16.2. The molecule has 118 valence electrons. The van der Waals surface area contributed by atoms with Gasteiger partial charge in [-0.25, -0.2) is 0 Å². The number of ketones is 1. The maximum Gasteiger partial charge on any atom is 0.250 e. The van der Waals surface area contributed by atoms with Crippen molar-refractivity contribution in [1.82, 2.24) is 10.6 Å². The zero-order chi connectivity index (χ0) is 15.5. The Balaban J connectivity index is 1.74. The van der Waals surface area contributed by atoms with Gasteiger partial charge < -0.3 is 20.9 Å². The van der Waals surface area contributed by atoms with Crippen LogP contribution >= 0.6 is 0 Å². The first-order valence-corrected chi connectivity index (χ1v) is 7.78. The van der Waals surface area contributed by atoms with Gasteiger partial charge in [0.2, 0.25) is 5.91 Å². The molecule has 0 aliphatic carbocycles. The van der Waals surface area contributed by atoms with Crippen molar-refractivity contribution in [2.45, 2.75) is 19.4 Å². The molecule has 3 rings (SSSR count). The lowest BCUT2D eigenvalue weighted by atomic mass is 10.0. The average molecular weight is 302 g/mol. The summed E-state index contributed by atoms with van der Waals surface area (Å²) in [7, 11) is 0. The number of benzene rings is 1. The van der Waals surface area contributed by atoms with Crippen molar-refractivity contribution in [1.29, 1.82) is 0 Å². The minimum absolute atomic E-state index is 0.0485. The van der Waals surface area contributed by atoms with Gasteiger partial charge in [0.15, 0.2) is 11.8 Å². The molecular formula is C16H22N4O2. The molecule has 2 fully saturated rings. The van der Waals surface area contributed by atoms with E-state index in [0.29, 0.717) is 13.0 Å². The second-order valence-corrected chi connectivity index (χ2v) is 5.82. The van der Waals surface area contributed by atoms with Gasteiger partial charge in [-0.1, -0.05) is 0 Å². The number of piperidine rings is 1. The highest BCUT2D eigenvalue weighted by Crippen LogP contribution is 2.24. The predicted octanol–water partition coefficient (Wildman–Crippen LogP) is 0.274. The minimum Gasteiger partial charge on any atom is -0.369 e. The first-order valence-electron chi connectivity index (χ1n) is 7.78. The Labute approximate surface area is 130 Å². The maximum absolute atomic E-state index is 11.9. The van der Waals surface area contributed by atoms with Crippen molar-refractivity contribution < 1.29 is 9.59 Å². The Morgan fingerprint density at radius 2 is 1.95 bits per heavy atom. The molecule has 3 N–H and O–H groups in total. The largest absolute Gasteiger partial charge is 0.369 e. The summed E-state index contributed by atoms with van der Waals surface area (Å²) < 4.78 is 0. The summed E-state index contributed by atoms with van der Waals surface area (Å²) in [6, 6.07) is 5.25. The van der Waals surface area contributed by atoms with Crippen LogP contribution in [0.2, 0.25) is 0 Å². The molecule has 0 aromatic heterocycles. The molecule has 1 aromatic rings. The van der Waals surface area contributed by atoms with Crippen LogP contribution in [0.1, 0.15) is 12.0 Å². The lowest BCUT2D eigenvalue weighted by Crippen LogP contribution is -2.50. The van der Waals surface area contributed by atoms with Gasteiger partial charge in [0, 0.05) is 50.5 Å². The van der Waals surface area contributed by atoms with E-state index in [0.717, 1.165) is 37.4 Å². The second kappa shape index (κ2) is 6.36. The summed E-state index contributed by atoms with van der Waals surface area (Å²) in [5.74, 6) is -0.285. The first-order chi connectivity index (χ1) is 10.6. The van der Waals surface area contributed by atoms with E-state index >= 15 is 0 Å². The minimum atomic E-state index is -0.766. The van der Waals surface area contributed by atoms with E-state index in [-0.39, 0.29) is 11.7 Å². The monoisotopic (exact) mass is 302 g/mol. The lowest BCUT2D eigenvalue weighted by molar-refractivity contribution is -0.131. The van der Waals surface area contributed by atoms with E-state index in [9.17, 15) is 9.59 Å². The Morgan fingerprint density at radius 3 is 2.64 bits per heavy atom. The standard InChI is InChI=1S/C16H22N4O2/c1-11-10-12(19-15-14(21)4-5-18-16(15)22)2-3-13(11)20-8-6-17-7-9-20/h2-3,10,15,17,19H,4-9H2,1H3,(H,18,22). The molecule has 1 aromatic carbocycles. The second-order valence-electron chi connectivity index (χ2n) is 5.82. The van der Waals surface area contributed by atoms with E-state index < -0.39 is 6.04 Å². The molecule has 6 nitrogen and oxygen atoms in total. The normalized spacial score (nSPS) is 22.4. The Hall–Kier alpha value is -2.08. The third kappa shape index (κ3) is 3.06. The first kappa shape index (κ1) is 14.8. The number of nitrogens with one attached hydrogen (secondary N) is 3. The van der Waals surface area contributed by atoms with Gasteiger partial charge in [-0.15, -0.1) is 0 Å². The summed E-state index contributed by atoms with van der Waals surface area (Å²) >= 11 is 0. The zero-order valence-electron chi connectivity index (χ0n) is 12.8. The molecule has 22 heavy (non-hydrogen) atoms. The summed E-state index contributed by atoms with van der Waals surface area (Å²) in [4.78, 5) is 26.0. The number of carbonyl (C=O) groups is 2. The third-order valence-electron chi connectivity index (χ3n) is 4.22. The number of piperazine rings is 1. The Kier molecular flexibility index (Phi) is 4.29. The molecule has 2 heterocycles. The van der Waals surface area contributed by atoms with Crippen molar-refractivity contribution >= 4 is 23.1 Å². The van der Waals surface area contributed by atoms with Crippen molar-refractivity contribution in [3.63, 3.8) is 0 Å². The molecule has 6 heteroatoms. The number of amides is 1. The summed E-state index contributed by atoms with van der Waals surface area (Å²) in [6.07, 6.45) is 0.390. The van der Waals surface area contributed by atoms with E-state index in [4.69, 9.17) is 0 Å². The Bertz CT molecular complexity index is 566. The number of rotatable bonds is 3. The molecule has 2 aliphatic heterocycles. The number of nitrogens with zero attached hydrogens (tertiary/aromatic N) is 1. The molecule has 0 bridgehead atoms. The fraction of sp³-hybridized carbons (Fsp3) is 0.500. The van der Waals surface area contributed by atoms with Crippen molar-refractivity contribution in [2.24, 2.45) is 0 Å². The number of hydrogen-bond donors (Lipinski definition) is 3. The average Bonchev–Trinajstić information content (AvgIpc) is 2.52. The number of Topliss-reactive ketones (excluding diaryl/α,β-unsaturated/α-hetero) is 1. The van der Waals surface area contributed by atoms with E-state index in [1.54, 1.807) is 0 Å². The van der Waals surface area contributed by atoms with Crippen LogP contribution in [0.3, 0.4) is 0 Å². The molecule has 0 radical (unpaired) electrons. The van der Waals surface area contributed by atoms with Crippen LogP contribution < -0.4 is 20.9 Å². The quantitative estimate of drug-likeness (QED) is 0.699. The fourth-order valence-corrected chi connectivity index (χ4v) is 3.02. The number of carbonyl (C=O) groups excluding carboxylic acids is 2. The highest BCUT2D eigenvalue weighted by molar-refractivity contribution is 6.09. The van der Waals surface area contributed by atoms with Crippen LogP contribution in [0.15, 0.2) is 18.2 Å². The molecule has 2 aliphatic rings. The van der Waals surface area contributed by atoms with Crippen molar-refractivity contribution in [3.8, 4) is 0 Å². The highest BCUT2D eigenvalue weighted by Gasteiger charge is 2.29. The van der Waals surface area contributed by atoms with Crippen LogP contribution in [-0.2, 0) is 9.59 Å².